The van der Waals surface area contributed by atoms with Crippen LogP contribution in [-0.4, -0.2) is 20.5 Å². The zero-order chi connectivity index (χ0) is 14.8. The van der Waals surface area contributed by atoms with Crippen molar-refractivity contribution in [3.8, 4) is 0 Å². The number of hydrogen-bond donors (Lipinski definition) is 2. The Morgan fingerprint density at radius 2 is 2.15 bits per heavy atom. The molecule has 1 saturated carbocycles. The molecule has 1 aliphatic rings. The number of nitrogens with one attached hydrogen (secondary N) is 2. The van der Waals surface area contributed by atoms with Gasteiger partial charge in [0.2, 0.25) is 10.0 Å². The van der Waals surface area contributed by atoms with Crippen molar-refractivity contribution in [1.29, 1.82) is 0 Å². The normalized spacial score (nSPS) is 23.6. The lowest BCUT2D eigenvalue weighted by atomic mass is 10.1. The number of hydrogen-bond acceptors (Lipinski definition) is 4. The Morgan fingerprint density at radius 1 is 1.40 bits per heavy atom. The fourth-order valence-electron chi connectivity index (χ4n) is 2.50. The van der Waals surface area contributed by atoms with Crippen LogP contribution in [0.25, 0.3) is 0 Å². The Hall–Kier alpha value is -0.430. The summed E-state index contributed by atoms with van der Waals surface area (Å²) >= 11 is 1.50. The van der Waals surface area contributed by atoms with Gasteiger partial charge in [0.1, 0.15) is 0 Å². The van der Waals surface area contributed by atoms with E-state index in [1.165, 1.54) is 11.3 Å². The molecule has 1 aromatic rings. The average Bonchev–Trinajstić information content (AvgIpc) is 2.95. The second-order valence-corrected chi connectivity index (χ2v) is 8.73. The molecular formula is C14H24N2O2S2. The fourth-order valence-corrected chi connectivity index (χ4v) is 5.01. The minimum atomic E-state index is -3.35. The van der Waals surface area contributed by atoms with Crippen LogP contribution in [0.4, 0.5) is 0 Å². The van der Waals surface area contributed by atoms with Gasteiger partial charge in [-0.3, -0.25) is 0 Å². The standard InChI is InChI=1S/C14H24N2O2S2/c1-10(2)15-8-13-7-14(9-19-13)20(17,18)16-12-5-4-11(3)6-12/h7,9-12,15-16H,4-6,8H2,1-3H3. The van der Waals surface area contributed by atoms with Gasteiger partial charge in [-0.05, 0) is 31.2 Å². The van der Waals surface area contributed by atoms with E-state index in [-0.39, 0.29) is 6.04 Å². The highest BCUT2D eigenvalue weighted by molar-refractivity contribution is 7.89. The monoisotopic (exact) mass is 316 g/mol. The highest BCUT2D eigenvalue weighted by atomic mass is 32.2. The summed E-state index contributed by atoms with van der Waals surface area (Å²) in [5, 5.41) is 5.03. The highest BCUT2D eigenvalue weighted by Gasteiger charge is 2.27. The van der Waals surface area contributed by atoms with Gasteiger partial charge in [-0.1, -0.05) is 20.8 Å². The molecule has 0 saturated heterocycles. The predicted octanol–water partition coefficient (Wildman–Crippen LogP) is 2.71. The predicted molar refractivity (Wildman–Crippen MR) is 83.4 cm³/mol. The first-order valence-corrected chi connectivity index (χ1v) is 9.56. The third kappa shape index (κ3) is 4.28. The molecule has 4 nitrogen and oxygen atoms in total. The van der Waals surface area contributed by atoms with E-state index in [0.29, 0.717) is 16.9 Å². The van der Waals surface area contributed by atoms with E-state index in [1.54, 1.807) is 11.4 Å². The van der Waals surface area contributed by atoms with Gasteiger partial charge < -0.3 is 5.32 Å². The van der Waals surface area contributed by atoms with Crippen LogP contribution in [0.1, 0.15) is 44.9 Å². The molecule has 0 spiro atoms. The highest BCUT2D eigenvalue weighted by Crippen LogP contribution is 2.27. The van der Waals surface area contributed by atoms with Crippen LogP contribution < -0.4 is 10.0 Å². The van der Waals surface area contributed by atoms with E-state index in [4.69, 9.17) is 0 Å². The van der Waals surface area contributed by atoms with Gasteiger partial charge in [0.25, 0.3) is 0 Å². The van der Waals surface area contributed by atoms with Gasteiger partial charge in [0, 0.05) is 28.9 Å². The van der Waals surface area contributed by atoms with Crippen LogP contribution in [0.15, 0.2) is 16.3 Å². The Kier molecular flexibility index (Phi) is 5.23. The molecule has 2 atom stereocenters. The van der Waals surface area contributed by atoms with Crippen LogP contribution in [0.3, 0.4) is 0 Å². The topological polar surface area (TPSA) is 58.2 Å². The van der Waals surface area contributed by atoms with Gasteiger partial charge in [-0.2, -0.15) is 0 Å². The Labute approximate surface area is 126 Å². The van der Waals surface area contributed by atoms with Gasteiger partial charge >= 0.3 is 0 Å². The average molecular weight is 316 g/mol. The van der Waals surface area contributed by atoms with Crippen LogP contribution in [0, 0.1) is 5.92 Å². The van der Waals surface area contributed by atoms with Crippen LogP contribution in [0.2, 0.25) is 0 Å². The lowest BCUT2D eigenvalue weighted by Crippen LogP contribution is -2.32. The molecule has 2 N–H and O–H groups in total. The van der Waals surface area contributed by atoms with Crippen molar-refractivity contribution in [1.82, 2.24) is 10.0 Å². The molecule has 20 heavy (non-hydrogen) atoms. The van der Waals surface area contributed by atoms with Crippen LogP contribution in [0.5, 0.6) is 0 Å². The maximum Gasteiger partial charge on any atom is 0.241 e. The first-order chi connectivity index (χ1) is 9.37. The molecule has 1 aromatic heterocycles. The summed E-state index contributed by atoms with van der Waals surface area (Å²) in [4.78, 5) is 1.46. The van der Waals surface area contributed by atoms with Crippen molar-refractivity contribution in [2.45, 2.75) is 63.6 Å². The Morgan fingerprint density at radius 3 is 2.75 bits per heavy atom. The number of rotatable bonds is 6. The maximum absolute atomic E-state index is 12.3. The second kappa shape index (κ2) is 6.56. The minimum absolute atomic E-state index is 0.104. The van der Waals surface area contributed by atoms with Crippen LogP contribution >= 0.6 is 11.3 Å². The molecule has 0 bridgehead atoms. The summed E-state index contributed by atoms with van der Waals surface area (Å²) in [6.07, 6.45) is 3.01. The van der Waals surface area contributed by atoms with E-state index in [2.05, 4.69) is 30.8 Å². The second-order valence-electron chi connectivity index (χ2n) is 6.02. The molecule has 0 amide bonds. The molecule has 0 radical (unpaired) electrons. The molecule has 0 aliphatic heterocycles. The summed E-state index contributed by atoms with van der Waals surface area (Å²) in [5.41, 5.74) is 0. The largest absolute Gasteiger partial charge is 0.310 e. The zero-order valence-corrected chi connectivity index (χ0v) is 14.0. The summed E-state index contributed by atoms with van der Waals surface area (Å²) in [5.74, 6) is 0.621. The van der Waals surface area contributed by atoms with Crippen molar-refractivity contribution in [3.05, 3.63) is 16.3 Å². The van der Waals surface area contributed by atoms with E-state index in [1.807, 2.05) is 0 Å². The molecular weight excluding hydrogens is 292 g/mol. The van der Waals surface area contributed by atoms with E-state index in [9.17, 15) is 8.42 Å². The quantitative estimate of drug-likeness (QED) is 0.848. The van der Waals surface area contributed by atoms with E-state index < -0.39 is 10.0 Å². The first kappa shape index (κ1) is 15.9. The SMILES string of the molecule is CC1CCC(NS(=O)(=O)c2csc(CNC(C)C)c2)C1. The summed E-state index contributed by atoms with van der Waals surface area (Å²) in [6, 6.07) is 2.28. The number of thiophene rings is 1. The summed E-state index contributed by atoms with van der Waals surface area (Å²) in [7, 11) is -3.35. The minimum Gasteiger partial charge on any atom is -0.310 e. The summed E-state index contributed by atoms with van der Waals surface area (Å²) < 4.78 is 27.5. The third-order valence-electron chi connectivity index (χ3n) is 3.64. The smallest absolute Gasteiger partial charge is 0.241 e. The van der Waals surface area contributed by atoms with Crippen molar-refractivity contribution in [2.24, 2.45) is 5.92 Å². The van der Waals surface area contributed by atoms with Crippen molar-refractivity contribution in [3.63, 3.8) is 0 Å². The van der Waals surface area contributed by atoms with Crippen molar-refractivity contribution >= 4 is 21.4 Å². The molecule has 6 heteroatoms. The van der Waals surface area contributed by atoms with Gasteiger partial charge in [0.05, 0.1) is 4.90 Å². The van der Waals surface area contributed by atoms with Crippen molar-refractivity contribution < 1.29 is 8.42 Å². The lowest BCUT2D eigenvalue weighted by Gasteiger charge is -2.11. The molecule has 2 rings (SSSR count). The van der Waals surface area contributed by atoms with Gasteiger partial charge in [0.15, 0.2) is 0 Å². The Bertz CT molecular complexity index is 537. The van der Waals surface area contributed by atoms with Crippen molar-refractivity contribution in [2.75, 3.05) is 0 Å². The van der Waals surface area contributed by atoms with E-state index in [0.717, 1.165) is 30.7 Å². The third-order valence-corrected chi connectivity index (χ3v) is 6.23. The summed E-state index contributed by atoms with van der Waals surface area (Å²) in [6.45, 7) is 7.05. The maximum atomic E-state index is 12.3. The molecule has 1 aliphatic carbocycles. The Balaban J connectivity index is 1.99. The molecule has 0 aromatic carbocycles. The van der Waals surface area contributed by atoms with E-state index >= 15 is 0 Å². The van der Waals surface area contributed by atoms with Crippen LogP contribution in [-0.2, 0) is 16.6 Å². The lowest BCUT2D eigenvalue weighted by molar-refractivity contribution is 0.538. The zero-order valence-electron chi connectivity index (χ0n) is 12.3. The van der Waals surface area contributed by atoms with Gasteiger partial charge in [-0.25, -0.2) is 13.1 Å². The molecule has 1 fully saturated rings. The number of sulfonamides is 1. The fraction of sp³-hybridized carbons (Fsp3) is 0.714. The first-order valence-electron chi connectivity index (χ1n) is 7.20. The van der Waals surface area contributed by atoms with Gasteiger partial charge in [-0.15, -0.1) is 11.3 Å². The molecule has 2 unspecified atom stereocenters. The molecule has 114 valence electrons. The molecule has 1 heterocycles.